The highest BCUT2D eigenvalue weighted by Gasteiger charge is 2.19. The molecule has 1 aliphatic rings. The zero-order valence-corrected chi connectivity index (χ0v) is 12.4. The minimum absolute atomic E-state index is 0.354. The van der Waals surface area contributed by atoms with Gasteiger partial charge in [-0.3, -0.25) is 4.55 Å². The number of nitrogens with one attached hydrogen (secondary N) is 2. The van der Waals surface area contributed by atoms with Crippen LogP contribution in [0.1, 0.15) is 29.2 Å². The van der Waals surface area contributed by atoms with Crippen molar-refractivity contribution in [2.75, 3.05) is 5.32 Å². The molecule has 0 saturated heterocycles. The highest BCUT2D eigenvalue weighted by Crippen LogP contribution is 2.32. The van der Waals surface area contributed by atoms with Crippen molar-refractivity contribution in [1.82, 2.24) is 4.72 Å². The third kappa shape index (κ3) is 3.50. The first kappa shape index (κ1) is 14.3. The van der Waals surface area contributed by atoms with Gasteiger partial charge in [0.2, 0.25) is 11.3 Å². The molecule has 3 N–H and O–H groups in total. The number of benzene rings is 2. The number of aryl methyl sites for hydroxylation is 1. The second kappa shape index (κ2) is 6.39. The van der Waals surface area contributed by atoms with Crippen LogP contribution in [0.25, 0.3) is 0 Å². The van der Waals surface area contributed by atoms with Gasteiger partial charge in [-0.2, -0.15) is 0 Å². The molecule has 0 fully saturated rings. The summed E-state index contributed by atoms with van der Waals surface area (Å²) in [6.45, 7) is 0.401. The Kier molecular flexibility index (Phi) is 4.34. The summed E-state index contributed by atoms with van der Waals surface area (Å²) in [6.07, 6.45) is 2.07. The summed E-state index contributed by atoms with van der Waals surface area (Å²) in [5, 5.41) is 3.58. The zero-order valence-electron chi connectivity index (χ0n) is 11.6. The molecule has 2 aromatic rings. The molecule has 0 aromatic heterocycles. The Morgan fingerprint density at radius 1 is 1.24 bits per heavy atom. The van der Waals surface area contributed by atoms with Crippen LogP contribution in [-0.2, 0) is 24.2 Å². The third-order valence-corrected chi connectivity index (χ3v) is 4.19. The van der Waals surface area contributed by atoms with Crippen LogP contribution in [0.5, 0.6) is 0 Å². The van der Waals surface area contributed by atoms with E-state index in [4.69, 9.17) is 4.55 Å². The monoisotopic (exact) mass is 302 g/mol. The molecule has 2 aromatic carbocycles. The SMILES string of the molecule is O=S(O)NCc1ccc2c(c1)CCC(c1ccccc1)N2. The van der Waals surface area contributed by atoms with Gasteiger partial charge in [-0.05, 0) is 35.6 Å². The van der Waals surface area contributed by atoms with E-state index >= 15 is 0 Å². The van der Waals surface area contributed by atoms with Gasteiger partial charge in [-0.25, -0.2) is 8.93 Å². The lowest BCUT2D eigenvalue weighted by atomic mass is 9.92. The molecule has 1 aliphatic heterocycles. The largest absolute Gasteiger partial charge is 0.378 e. The lowest BCUT2D eigenvalue weighted by Gasteiger charge is -2.28. The summed E-state index contributed by atoms with van der Waals surface area (Å²) < 4.78 is 21.9. The van der Waals surface area contributed by atoms with Crippen LogP contribution in [-0.4, -0.2) is 8.76 Å². The Labute approximate surface area is 127 Å². The minimum atomic E-state index is -1.96. The molecule has 0 radical (unpaired) electrons. The maximum atomic E-state index is 10.6. The standard InChI is InChI=1S/C16H18N2O2S/c19-21(20)17-11-12-6-8-16-14(10-12)7-9-15(18-16)13-4-2-1-3-5-13/h1-6,8,10,15,17-18H,7,9,11H2,(H,19,20). The van der Waals surface area contributed by atoms with Gasteiger partial charge in [0.05, 0.1) is 6.04 Å². The molecule has 110 valence electrons. The molecule has 0 bridgehead atoms. The maximum Gasteiger partial charge on any atom is 0.232 e. The predicted molar refractivity (Wildman–Crippen MR) is 85.2 cm³/mol. The predicted octanol–water partition coefficient (Wildman–Crippen LogP) is 3.01. The Hall–Kier alpha value is -1.69. The van der Waals surface area contributed by atoms with Crippen LogP contribution >= 0.6 is 0 Å². The van der Waals surface area contributed by atoms with E-state index in [0.29, 0.717) is 12.6 Å². The lowest BCUT2D eigenvalue weighted by Crippen LogP contribution is -2.19. The smallest absolute Gasteiger partial charge is 0.232 e. The average Bonchev–Trinajstić information content (AvgIpc) is 2.53. The molecule has 0 amide bonds. The van der Waals surface area contributed by atoms with E-state index in [-0.39, 0.29) is 0 Å². The van der Waals surface area contributed by atoms with Gasteiger partial charge in [-0.1, -0.05) is 42.5 Å². The van der Waals surface area contributed by atoms with E-state index in [0.717, 1.165) is 24.1 Å². The van der Waals surface area contributed by atoms with E-state index in [1.807, 2.05) is 12.1 Å². The Bertz CT molecular complexity index is 646. The zero-order chi connectivity index (χ0) is 14.7. The quantitative estimate of drug-likeness (QED) is 0.761. The lowest BCUT2D eigenvalue weighted by molar-refractivity contribution is 0.548. The van der Waals surface area contributed by atoms with Crippen molar-refractivity contribution in [2.24, 2.45) is 0 Å². The molecule has 2 unspecified atom stereocenters. The normalized spacial score (nSPS) is 18.6. The molecule has 21 heavy (non-hydrogen) atoms. The molecular weight excluding hydrogens is 284 g/mol. The van der Waals surface area contributed by atoms with Crippen LogP contribution in [0.15, 0.2) is 48.5 Å². The topological polar surface area (TPSA) is 61.4 Å². The first-order chi connectivity index (χ1) is 10.2. The minimum Gasteiger partial charge on any atom is -0.378 e. The molecule has 1 heterocycles. The molecule has 4 nitrogen and oxygen atoms in total. The summed E-state index contributed by atoms with van der Waals surface area (Å²) >= 11 is -1.96. The van der Waals surface area contributed by atoms with Crippen LogP contribution < -0.4 is 10.0 Å². The van der Waals surface area contributed by atoms with Crippen molar-refractivity contribution >= 4 is 17.0 Å². The molecular formula is C16H18N2O2S. The van der Waals surface area contributed by atoms with Gasteiger partial charge >= 0.3 is 0 Å². The van der Waals surface area contributed by atoms with Crippen LogP contribution in [0, 0.1) is 0 Å². The Morgan fingerprint density at radius 2 is 2.05 bits per heavy atom. The number of hydrogen-bond acceptors (Lipinski definition) is 2. The van der Waals surface area contributed by atoms with Crippen LogP contribution in [0.3, 0.4) is 0 Å². The van der Waals surface area contributed by atoms with Crippen molar-refractivity contribution in [1.29, 1.82) is 0 Å². The number of anilines is 1. The van der Waals surface area contributed by atoms with E-state index in [9.17, 15) is 4.21 Å². The van der Waals surface area contributed by atoms with Crippen molar-refractivity contribution in [3.8, 4) is 0 Å². The molecule has 2 atom stereocenters. The molecule has 5 heteroatoms. The third-order valence-electron chi connectivity index (χ3n) is 3.80. The first-order valence-electron chi connectivity index (χ1n) is 7.00. The van der Waals surface area contributed by atoms with Gasteiger partial charge in [-0.15, -0.1) is 0 Å². The fraction of sp³-hybridized carbons (Fsp3) is 0.250. The summed E-state index contributed by atoms with van der Waals surface area (Å²) in [7, 11) is 0. The van der Waals surface area contributed by atoms with Crippen molar-refractivity contribution in [3.05, 3.63) is 65.2 Å². The Morgan fingerprint density at radius 3 is 2.81 bits per heavy atom. The molecule has 3 rings (SSSR count). The van der Waals surface area contributed by atoms with Crippen LogP contribution in [0.4, 0.5) is 5.69 Å². The second-order valence-corrected chi connectivity index (χ2v) is 6.00. The highest BCUT2D eigenvalue weighted by atomic mass is 32.2. The maximum absolute atomic E-state index is 10.6. The van der Waals surface area contributed by atoms with Crippen molar-refractivity contribution in [2.45, 2.75) is 25.4 Å². The average molecular weight is 302 g/mol. The summed E-state index contributed by atoms with van der Waals surface area (Å²) in [5.74, 6) is 0. The van der Waals surface area contributed by atoms with E-state index in [1.165, 1.54) is 11.1 Å². The van der Waals surface area contributed by atoms with Gasteiger partial charge in [0, 0.05) is 12.2 Å². The summed E-state index contributed by atoms with van der Waals surface area (Å²) in [6, 6.07) is 17.0. The first-order valence-corrected chi connectivity index (χ1v) is 8.11. The number of hydrogen-bond donors (Lipinski definition) is 3. The molecule has 0 saturated carbocycles. The fourth-order valence-corrected chi connectivity index (χ4v) is 3.03. The van der Waals surface area contributed by atoms with Gasteiger partial charge < -0.3 is 5.32 Å². The van der Waals surface area contributed by atoms with Crippen LogP contribution in [0.2, 0.25) is 0 Å². The number of fused-ring (bicyclic) bond motifs is 1. The molecule has 0 spiro atoms. The summed E-state index contributed by atoms with van der Waals surface area (Å²) in [5.41, 5.74) is 4.76. The Balaban J connectivity index is 1.74. The van der Waals surface area contributed by atoms with E-state index < -0.39 is 11.3 Å². The second-order valence-electron chi connectivity index (χ2n) is 5.21. The number of rotatable bonds is 4. The molecule has 0 aliphatic carbocycles. The van der Waals surface area contributed by atoms with Gasteiger partial charge in [0.25, 0.3) is 0 Å². The van der Waals surface area contributed by atoms with Gasteiger partial charge in [0.1, 0.15) is 0 Å². The van der Waals surface area contributed by atoms with Gasteiger partial charge in [0.15, 0.2) is 0 Å². The van der Waals surface area contributed by atoms with E-state index in [2.05, 4.69) is 46.4 Å². The summed E-state index contributed by atoms with van der Waals surface area (Å²) in [4.78, 5) is 0. The van der Waals surface area contributed by atoms with E-state index in [1.54, 1.807) is 0 Å². The highest BCUT2D eigenvalue weighted by molar-refractivity contribution is 7.77. The fourth-order valence-electron chi connectivity index (χ4n) is 2.74. The van der Waals surface area contributed by atoms with Crippen molar-refractivity contribution in [3.63, 3.8) is 0 Å². The van der Waals surface area contributed by atoms with Crippen molar-refractivity contribution < 1.29 is 8.76 Å².